The Labute approximate surface area is 178 Å². The van der Waals surface area contributed by atoms with Crippen LogP contribution in [0.3, 0.4) is 0 Å². The van der Waals surface area contributed by atoms with Gasteiger partial charge < -0.3 is 19.5 Å². The summed E-state index contributed by atoms with van der Waals surface area (Å²) in [5.41, 5.74) is 0.619. The van der Waals surface area contributed by atoms with Gasteiger partial charge in [0.1, 0.15) is 23.6 Å². The monoisotopic (exact) mass is 417 g/mol. The molecule has 31 heavy (non-hydrogen) atoms. The molecule has 0 saturated heterocycles. The van der Waals surface area contributed by atoms with Crippen molar-refractivity contribution in [3.63, 3.8) is 0 Å². The van der Waals surface area contributed by atoms with E-state index in [0.717, 1.165) is 0 Å². The molecule has 2 heterocycles. The van der Waals surface area contributed by atoms with Gasteiger partial charge in [0.05, 0.1) is 7.11 Å². The van der Waals surface area contributed by atoms with Crippen LogP contribution >= 0.6 is 0 Å². The summed E-state index contributed by atoms with van der Waals surface area (Å²) in [6, 6.07) is 17.5. The van der Waals surface area contributed by atoms with Crippen molar-refractivity contribution in [1.82, 2.24) is 19.7 Å². The van der Waals surface area contributed by atoms with Crippen molar-refractivity contribution < 1.29 is 19.0 Å². The third-order valence-electron chi connectivity index (χ3n) is 4.17. The van der Waals surface area contributed by atoms with Crippen LogP contribution in [0.15, 0.2) is 79.4 Å². The molecule has 156 valence electrons. The Balaban J connectivity index is 1.29. The molecule has 1 amide bonds. The highest BCUT2D eigenvalue weighted by molar-refractivity contribution is 5.91. The number of aromatic nitrogens is 4. The number of methoxy groups -OCH3 is 1. The SMILES string of the molecule is COc1cccc(OCC(=O)Nc2ccc(Oc3ccc(-n4ccnc4)nn3)cc2)c1. The van der Waals surface area contributed by atoms with E-state index in [1.54, 1.807) is 91.1 Å². The number of benzene rings is 2. The zero-order valence-electron chi connectivity index (χ0n) is 16.6. The Morgan fingerprint density at radius 2 is 1.84 bits per heavy atom. The summed E-state index contributed by atoms with van der Waals surface area (Å²) in [5, 5.41) is 10.9. The van der Waals surface area contributed by atoms with Crippen molar-refractivity contribution in [2.24, 2.45) is 0 Å². The molecule has 0 atom stereocenters. The fourth-order valence-electron chi connectivity index (χ4n) is 2.66. The lowest BCUT2D eigenvalue weighted by molar-refractivity contribution is -0.118. The van der Waals surface area contributed by atoms with Gasteiger partial charge in [0.15, 0.2) is 12.4 Å². The molecule has 0 saturated carbocycles. The number of amides is 1. The quantitative estimate of drug-likeness (QED) is 0.468. The van der Waals surface area contributed by atoms with Crippen molar-refractivity contribution >= 4 is 11.6 Å². The fourth-order valence-corrected chi connectivity index (χ4v) is 2.66. The van der Waals surface area contributed by atoms with Crippen LogP contribution in [-0.4, -0.2) is 39.4 Å². The lowest BCUT2D eigenvalue weighted by Crippen LogP contribution is -2.20. The Hall–Kier alpha value is -4.40. The average Bonchev–Trinajstić information content (AvgIpc) is 3.35. The van der Waals surface area contributed by atoms with Crippen LogP contribution in [0, 0.1) is 0 Å². The summed E-state index contributed by atoms with van der Waals surface area (Å²) in [4.78, 5) is 16.1. The Kier molecular flexibility index (Phi) is 6.03. The molecule has 0 aliphatic heterocycles. The van der Waals surface area contributed by atoms with E-state index in [2.05, 4.69) is 20.5 Å². The van der Waals surface area contributed by atoms with Crippen LogP contribution in [0.1, 0.15) is 0 Å². The zero-order chi connectivity index (χ0) is 21.5. The van der Waals surface area contributed by atoms with Crippen LogP contribution in [0.25, 0.3) is 5.82 Å². The number of hydrogen-bond donors (Lipinski definition) is 1. The van der Waals surface area contributed by atoms with E-state index in [1.165, 1.54) is 0 Å². The smallest absolute Gasteiger partial charge is 0.262 e. The number of nitrogens with zero attached hydrogens (tertiary/aromatic N) is 4. The van der Waals surface area contributed by atoms with Gasteiger partial charge in [0.2, 0.25) is 5.88 Å². The van der Waals surface area contributed by atoms with Gasteiger partial charge in [-0.2, -0.15) is 0 Å². The van der Waals surface area contributed by atoms with E-state index in [1.807, 2.05) is 0 Å². The van der Waals surface area contributed by atoms with Crippen molar-refractivity contribution in [2.75, 3.05) is 19.0 Å². The lowest BCUT2D eigenvalue weighted by Gasteiger charge is -2.09. The lowest BCUT2D eigenvalue weighted by atomic mass is 10.3. The summed E-state index contributed by atoms with van der Waals surface area (Å²) in [5.74, 6) is 2.49. The average molecular weight is 417 g/mol. The van der Waals surface area contributed by atoms with Crippen LogP contribution < -0.4 is 19.5 Å². The van der Waals surface area contributed by atoms with E-state index in [4.69, 9.17) is 14.2 Å². The minimum absolute atomic E-state index is 0.121. The first-order valence-electron chi connectivity index (χ1n) is 9.36. The first kappa shape index (κ1) is 19.9. The van der Waals surface area contributed by atoms with Gasteiger partial charge in [0, 0.05) is 30.2 Å². The molecule has 0 aliphatic carbocycles. The second-order valence-corrected chi connectivity index (χ2v) is 6.34. The molecule has 0 spiro atoms. The highest BCUT2D eigenvalue weighted by atomic mass is 16.5. The van der Waals surface area contributed by atoms with Gasteiger partial charge in [-0.25, -0.2) is 4.98 Å². The molecule has 0 aliphatic rings. The first-order chi connectivity index (χ1) is 15.2. The predicted octanol–water partition coefficient (Wildman–Crippen LogP) is 3.48. The van der Waals surface area contributed by atoms with Crippen molar-refractivity contribution in [1.29, 1.82) is 0 Å². The maximum Gasteiger partial charge on any atom is 0.262 e. The summed E-state index contributed by atoms with van der Waals surface area (Å²) in [6.45, 7) is -0.121. The van der Waals surface area contributed by atoms with Gasteiger partial charge in [-0.05, 0) is 42.5 Å². The molecule has 9 heteroatoms. The molecule has 0 unspecified atom stereocenters. The largest absolute Gasteiger partial charge is 0.497 e. The molecule has 0 fully saturated rings. The molecule has 2 aromatic carbocycles. The molecule has 0 bridgehead atoms. The highest BCUT2D eigenvalue weighted by Gasteiger charge is 2.06. The van der Waals surface area contributed by atoms with Gasteiger partial charge in [-0.1, -0.05) is 6.07 Å². The molecule has 0 radical (unpaired) electrons. The predicted molar refractivity (Wildman–Crippen MR) is 113 cm³/mol. The molecular formula is C22H19N5O4. The Morgan fingerprint density at radius 3 is 2.55 bits per heavy atom. The standard InChI is InChI=1S/C22H19N5O4/c1-29-18-3-2-4-19(13-18)30-14-21(28)24-16-5-7-17(8-6-16)31-22-10-9-20(25-26-22)27-12-11-23-15-27/h2-13,15H,14H2,1H3,(H,24,28). The number of hydrogen-bond acceptors (Lipinski definition) is 7. The zero-order valence-corrected chi connectivity index (χ0v) is 16.6. The number of ether oxygens (including phenoxy) is 3. The van der Waals surface area contributed by atoms with E-state index in [9.17, 15) is 4.79 Å². The molecule has 4 rings (SSSR count). The fraction of sp³-hybridized carbons (Fsp3) is 0.0909. The summed E-state index contributed by atoms with van der Waals surface area (Å²) in [7, 11) is 1.57. The number of anilines is 1. The van der Waals surface area contributed by atoms with Crippen molar-refractivity contribution in [2.45, 2.75) is 0 Å². The molecule has 1 N–H and O–H groups in total. The van der Waals surface area contributed by atoms with Crippen LogP contribution in [0.2, 0.25) is 0 Å². The van der Waals surface area contributed by atoms with E-state index in [0.29, 0.717) is 34.6 Å². The molecular weight excluding hydrogens is 398 g/mol. The maximum atomic E-state index is 12.1. The summed E-state index contributed by atoms with van der Waals surface area (Å²) in [6.07, 6.45) is 5.08. The molecule has 9 nitrogen and oxygen atoms in total. The third kappa shape index (κ3) is 5.36. The maximum absolute atomic E-state index is 12.1. The summed E-state index contributed by atoms with van der Waals surface area (Å²) < 4.78 is 18.0. The normalized spacial score (nSPS) is 10.4. The number of rotatable bonds is 8. The van der Waals surface area contributed by atoms with Gasteiger partial charge in [0.25, 0.3) is 5.91 Å². The topological polar surface area (TPSA) is 100 Å². The third-order valence-corrected chi connectivity index (χ3v) is 4.17. The van der Waals surface area contributed by atoms with Crippen LogP contribution in [0.4, 0.5) is 5.69 Å². The second-order valence-electron chi connectivity index (χ2n) is 6.34. The number of imidazole rings is 1. The number of nitrogens with one attached hydrogen (secondary N) is 1. The van der Waals surface area contributed by atoms with Crippen molar-refractivity contribution in [3.8, 4) is 28.9 Å². The van der Waals surface area contributed by atoms with Gasteiger partial charge in [-0.3, -0.25) is 9.36 Å². The number of carbonyl (C=O) groups is 1. The Morgan fingerprint density at radius 1 is 1.00 bits per heavy atom. The van der Waals surface area contributed by atoms with Crippen molar-refractivity contribution in [3.05, 3.63) is 79.4 Å². The van der Waals surface area contributed by atoms with E-state index in [-0.39, 0.29) is 12.5 Å². The summed E-state index contributed by atoms with van der Waals surface area (Å²) >= 11 is 0. The molecule has 2 aromatic heterocycles. The highest BCUT2D eigenvalue weighted by Crippen LogP contribution is 2.22. The molecule has 4 aromatic rings. The minimum atomic E-state index is -0.280. The van der Waals surface area contributed by atoms with Crippen LogP contribution in [-0.2, 0) is 4.79 Å². The minimum Gasteiger partial charge on any atom is -0.497 e. The van der Waals surface area contributed by atoms with Gasteiger partial charge in [-0.15, -0.1) is 10.2 Å². The van der Waals surface area contributed by atoms with Gasteiger partial charge >= 0.3 is 0 Å². The van der Waals surface area contributed by atoms with E-state index < -0.39 is 0 Å². The van der Waals surface area contributed by atoms with E-state index >= 15 is 0 Å². The Bertz CT molecular complexity index is 1130. The number of carbonyl (C=O) groups excluding carboxylic acids is 1. The van der Waals surface area contributed by atoms with Crippen LogP contribution in [0.5, 0.6) is 23.1 Å². The second kappa shape index (κ2) is 9.40. The first-order valence-corrected chi connectivity index (χ1v) is 9.36.